The van der Waals surface area contributed by atoms with Crippen LogP contribution in [0.1, 0.15) is 41.7 Å². The Bertz CT molecular complexity index is 1020. The van der Waals surface area contributed by atoms with Gasteiger partial charge in [-0.2, -0.15) is 0 Å². The Labute approximate surface area is 157 Å². The summed E-state index contributed by atoms with van der Waals surface area (Å²) >= 11 is 0. The van der Waals surface area contributed by atoms with Gasteiger partial charge >= 0.3 is 0 Å². The second kappa shape index (κ2) is 6.18. The van der Waals surface area contributed by atoms with Crippen LogP contribution in [-0.2, 0) is 16.5 Å². The van der Waals surface area contributed by atoms with Gasteiger partial charge < -0.3 is 19.1 Å². The number of nitrogens with zero attached hydrogens (tertiary/aromatic N) is 2. The molecule has 6 nitrogen and oxygen atoms in total. The van der Waals surface area contributed by atoms with Gasteiger partial charge in [-0.05, 0) is 38.5 Å². The number of rotatable bonds is 3. The van der Waals surface area contributed by atoms with Crippen LogP contribution >= 0.6 is 0 Å². The van der Waals surface area contributed by atoms with E-state index in [0.717, 1.165) is 16.9 Å². The largest absolute Gasteiger partial charge is 0.505 e. The third-order valence-electron chi connectivity index (χ3n) is 5.00. The zero-order chi connectivity index (χ0) is 19.3. The van der Waals surface area contributed by atoms with Gasteiger partial charge in [0.2, 0.25) is 0 Å². The minimum atomic E-state index is -0.901. The normalized spacial score (nSPS) is 21.6. The van der Waals surface area contributed by atoms with Crippen LogP contribution in [0.5, 0.6) is 5.75 Å². The molecule has 3 aromatic rings. The van der Waals surface area contributed by atoms with Crippen molar-refractivity contribution < 1.29 is 19.4 Å². The number of ketones is 1. The number of carbonyl (C=O) groups excluding carboxylic acids is 1. The summed E-state index contributed by atoms with van der Waals surface area (Å²) in [4.78, 5) is 17.7. The van der Waals surface area contributed by atoms with Crippen molar-refractivity contribution in [3.05, 3.63) is 59.4 Å². The van der Waals surface area contributed by atoms with Gasteiger partial charge in [0.05, 0.1) is 11.1 Å². The van der Waals surface area contributed by atoms with Gasteiger partial charge in [-0.15, -0.1) is 0 Å². The van der Waals surface area contributed by atoms with E-state index in [4.69, 9.17) is 9.47 Å². The standard InChI is InChI=1S/C21H22N2O4/c1-12-22-16-15(23(12)4)11-10-14(17(16)24)18(25)20-19(26-21(2,3)27-20)13-8-6-5-7-9-13/h5-11,19-20,24H,1-4H3/t19-,20-/m0/s1. The smallest absolute Gasteiger partial charge is 0.198 e. The zero-order valence-electron chi connectivity index (χ0n) is 15.8. The average molecular weight is 366 g/mol. The molecule has 2 heterocycles. The maximum absolute atomic E-state index is 13.3. The molecule has 27 heavy (non-hydrogen) atoms. The first kappa shape index (κ1) is 17.7. The first-order chi connectivity index (χ1) is 12.8. The van der Waals surface area contributed by atoms with Gasteiger partial charge in [-0.3, -0.25) is 4.79 Å². The van der Waals surface area contributed by atoms with Crippen molar-refractivity contribution in [2.24, 2.45) is 7.05 Å². The minimum absolute atomic E-state index is 0.124. The van der Waals surface area contributed by atoms with Gasteiger partial charge in [0, 0.05) is 7.05 Å². The monoisotopic (exact) mass is 366 g/mol. The summed E-state index contributed by atoms with van der Waals surface area (Å²) in [5, 5.41) is 10.7. The number of aromatic nitrogens is 2. The maximum atomic E-state index is 13.3. The summed E-state index contributed by atoms with van der Waals surface area (Å²) in [6, 6.07) is 12.9. The molecule has 0 unspecified atom stereocenters. The van der Waals surface area contributed by atoms with Crippen molar-refractivity contribution >= 4 is 16.8 Å². The van der Waals surface area contributed by atoms with E-state index in [2.05, 4.69) is 4.98 Å². The molecule has 1 N–H and O–H groups in total. The summed E-state index contributed by atoms with van der Waals surface area (Å²) in [6.45, 7) is 5.41. The highest BCUT2D eigenvalue weighted by Crippen LogP contribution is 2.41. The minimum Gasteiger partial charge on any atom is -0.505 e. The van der Waals surface area contributed by atoms with Crippen LogP contribution in [-0.4, -0.2) is 32.3 Å². The predicted molar refractivity (Wildman–Crippen MR) is 101 cm³/mol. The van der Waals surface area contributed by atoms with Crippen molar-refractivity contribution in [1.29, 1.82) is 0 Å². The molecule has 0 amide bonds. The molecule has 1 aliphatic heterocycles. The number of phenols is 1. The molecule has 0 spiro atoms. The van der Waals surface area contributed by atoms with Crippen LogP contribution in [0.4, 0.5) is 0 Å². The van der Waals surface area contributed by atoms with Crippen LogP contribution in [0.2, 0.25) is 0 Å². The Hall–Kier alpha value is -2.70. The van der Waals surface area contributed by atoms with Crippen LogP contribution < -0.4 is 0 Å². The maximum Gasteiger partial charge on any atom is 0.198 e. The van der Waals surface area contributed by atoms with E-state index >= 15 is 0 Å². The lowest BCUT2D eigenvalue weighted by Gasteiger charge is -2.17. The zero-order valence-corrected chi connectivity index (χ0v) is 15.8. The number of carbonyl (C=O) groups is 1. The summed E-state index contributed by atoms with van der Waals surface area (Å²) in [7, 11) is 1.87. The first-order valence-electron chi connectivity index (χ1n) is 8.88. The number of aromatic hydroxyl groups is 1. The number of fused-ring (bicyclic) bond motifs is 1. The molecular weight excluding hydrogens is 344 g/mol. The SMILES string of the molecule is Cc1nc2c(O)c(C(=O)[C@@H]3OC(C)(C)O[C@H]3c3ccccc3)ccc2n1C. The lowest BCUT2D eigenvalue weighted by Crippen LogP contribution is -2.28. The van der Waals surface area contributed by atoms with Gasteiger partial charge in [-0.25, -0.2) is 4.98 Å². The van der Waals surface area contributed by atoms with E-state index in [0.29, 0.717) is 5.52 Å². The van der Waals surface area contributed by atoms with Crippen molar-refractivity contribution in [2.45, 2.75) is 38.8 Å². The number of Topliss-reactive ketones (excluding diaryl/α,β-unsaturated/α-hetero) is 1. The first-order valence-corrected chi connectivity index (χ1v) is 8.88. The van der Waals surface area contributed by atoms with E-state index < -0.39 is 18.0 Å². The molecule has 2 aromatic carbocycles. The molecule has 1 aromatic heterocycles. The molecule has 1 saturated heterocycles. The lowest BCUT2D eigenvalue weighted by atomic mass is 9.96. The van der Waals surface area contributed by atoms with E-state index in [-0.39, 0.29) is 17.1 Å². The highest BCUT2D eigenvalue weighted by molar-refractivity contribution is 6.06. The van der Waals surface area contributed by atoms with Crippen LogP contribution in [0.15, 0.2) is 42.5 Å². The molecule has 1 aliphatic rings. The van der Waals surface area contributed by atoms with E-state index in [1.54, 1.807) is 26.0 Å². The highest BCUT2D eigenvalue weighted by Gasteiger charge is 2.46. The van der Waals surface area contributed by atoms with Gasteiger partial charge in [0.1, 0.15) is 17.4 Å². The number of ether oxygens (including phenoxy) is 2. The molecule has 0 saturated carbocycles. The lowest BCUT2D eigenvalue weighted by molar-refractivity contribution is -0.143. The fourth-order valence-electron chi connectivity index (χ4n) is 3.55. The summed E-state index contributed by atoms with van der Waals surface area (Å²) in [5.41, 5.74) is 2.23. The molecule has 0 aliphatic carbocycles. The Morgan fingerprint density at radius 3 is 2.56 bits per heavy atom. The molecule has 6 heteroatoms. The van der Waals surface area contributed by atoms with Crippen LogP contribution in [0, 0.1) is 6.92 Å². The highest BCUT2D eigenvalue weighted by atomic mass is 16.8. The van der Waals surface area contributed by atoms with Gasteiger partial charge in [0.15, 0.2) is 23.4 Å². The van der Waals surface area contributed by atoms with E-state index in [9.17, 15) is 9.90 Å². The Balaban J connectivity index is 1.77. The van der Waals surface area contributed by atoms with Crippen molar-refractivity contribution in [3.8, 4) is 5.75 Å². The Kier molecular flexibility index (Phi) is 4.05. The summed E-state index contributed by atoms with van der Waals surface area (Å²) in [6.07, 6.45) is -1.40. The van der Waals surface area contributed by atoms with E-state index in [1.165, 1.54) is 0 Å². The summed E-state index contributed by atoms with van der Waals surface area (Å²) in [5.74, 6) is -0.589. The van der Waals surface area contributed by atoms with Crippen LogP contribution in [0.3, 0.4) is 0 Å². The fraction of sp³-hybridized carbons (Fsp3) is 0.333. The number of imidazole rings is 1. The number of aryl methyl sites for hydroxylation is 2. The molecule has 140 valence electrons. The molecule has 1 fully saturated rings. The van der Waals surface area contributed by atoms with Gasteiger partial charge in [0.25, 0.3) is 0 Å². The Morgan fingerprint density at radius 2 is 1.85 bits per heavy atom. The third-order valence-corrected chi connectivity index (χ3v) is 5.00. The summed E-state index contributed by atoms with van der Waals surface area (Å²) < 4.78 is 13.8. The second-order valence-electron chi connectivity index (χ2n) is 7.30. The number of benzene rings is 2. The third kappa shape index (κ3) is 2.91. The topological polar surface area (TPSA) is 73.6 Å². The predicted octanol–water partition coefficient (Wildman–Crippen LogP) is 3.66. The molecule has 0 bridgehead atoms. The van der Waals surface area contributed by atoms with Crippen molar-refractivity contribution in [1.82, 2.24) is 9.55 Å². The average Bonchev–Trinajstić information content (AvgIpc) is 3.13. The van der Waals surface area contributed by atoms with Gasteiger partial charge in [-0.1, -0.05) is 30.3 Å². The number of phenolic OH excluding ortho intramolecular Hbond substituents is 1. The Morgan fingerprint density at radius 1 is 1.15 bits per heavy atom. The quantitative estimate of drug-likeness (QED) is 0.716. The second-order valence-corrected chi connectivity index (χ2v) is 7.30. The molecule has 2 atom stereocenters. The molecular formula is C21H22N2O4. The molecule has 0 radical (unpaired) electrons. The van der Waals surface area contributed by atoms with Crippen LogP contribution in [0.25, 0.3) is 11.0 Å². The molecule has 4 rings (SSSR count). The van der Waals surface area contributed by atoms with E-state index in [1.807, 2.05) is 48.9 Å². The number of hydrogen-bond acceptors (Lipinski definition) is 5. The van der Waals surface area contributed by atoms with Crippen molar-refractivity contribution in [2.75, 3.05) is 0 Å². The number of hydrogen-bond donors (Lipinski definition) is 1. The fourth-order valence-corrected chi connectivity index (χ4v) is 3.55. The van der Waals surface area contributed by atoms with Crippen molar-refractivity contribution in [3.63, 3.8) is 0 Å².